The van der Waals surface area contributed by atoms with Gasteiger partial charge in [-0.15, -0.1) is 5.10 Å². The van der Waals surface area contributed by atoms with Gasteiger partial charge in [-0.1, -0.05) is 17.3 Å². The molecule has 0 bridgehead atoms. The fourth-order valence-electron chi connectivity index (χ4n) is 2.41. The van der Waals surface area contributed by atoms with Gasteiger partial charge in [0, 0.05) is 11.1 Å². The van der Waals surface area contributed by atoms with Crippen molar-refractivity contribution >= 4 is 0 Å². The molecule has 0 unspecified atom stereocenters. The summed E-state index contributed by atoms with van der Waals surface area (Å²) in [5.41, 5.74) is 1.41. The molecule has 7 nitrogen and oxygen atoms in total. The van der Waals surface area contributed by atoms with Crippen LogP contribution in [-0.4, -0.2) is 19.9 Å². The van der Waals surface area contributed by atoms with Crippen LogP contribution < -0.4 is 5.76 Å². The minimum Gasteiger partial charge on any atom is -0.388 e. The molecule has 4 rings (SSSR count). The molecule has 136 valence electrons. The first-order valence-electron chi connectivity index (χ1n) is 7.92. The van der Waals surface area contributed by atoms with Gasteiger partial charge in [-0.3, -0.25) is 0 Å². The number of hydrogen-bond acceptors (Lipinski definition) is 6. The van der Waals surface area contributed by atoms with Crippen LogP contribution in [0.2, 0.25) is 0 Å². The van der Waals surface area contributed by atoms with E-state index in [-0.39, 0.29) is 30.0 Å². The Kier molecular flexibility index (Phi) is 4.11. The van der Waals surface area contributed by atoms with Crippen LogP contribution in [0.3, 0.4) is 0 Å². The van der Waals surface area contributed by atoms with Gasteiger partial charge in [-0.05, 0) is 42.8 Å². The zero-order valence-electron chi connectivity index (χ0n) is 14.0. The van der Waals surface area contributed by atoms with E-state index in [9.17, 15) is 13.6 Å². The van der Waals surface area contributed by atoms with Crippen molar-refractivity contribution in [2.45, 2.75) is 13.5 Å². The van der Waals surface area contributed by atoms with Crippen LogP contribution in [0.4, 0.5) is 8.78 Å². The highest BCUT2D eigenvalue weighted by molar-refractivity contribution is 5.55. The van der Waals surface area contributed by atoms with E-state index >= 15 is 0 Å². The molecule has 2 aromatic heterocycles. The largest absolute Gasteiger partial charge is 0.437 e. The third-order valence-electron chi connectivity index (χ3n) is 3.88. The second-order valence-electron chi connectivity index (χ2n) is 5.81. The predicted octanol–water partition coefficient (Wildman–Crippen LogP) is 3.19. The maximum Gasteiger partial charge on any atom is 0.437 e. The molecule has 0 aliphatic heterocycles. The lowest BCUT2D eigenvalue weighted by atomic mass is 10.1. The molecule has 9 heteroatoms. The van der Waals surface area contributed by atoms with Crippen molar-refractivity contribution in [3.05, 3.63) is 76.1 Å². The Labute approximate surface area is 150 Å². The van der Waals surface area contributed by atoms with Crippen LogP contribution in [0.15, 0.2) is 56.2 Å². The topological polar surface area (TPSA) is 87.0 Å². The summed E-state index contributed by atoms with van der Waals surface area (Å²) in [5, 5.41) is 7.83. The predicted molar refractivity (Wildman–Crippen MR) is 89.7 cm³/mol. The Morgan fingerprint density at radius 1 is 1.07 bits per heavy atom. The summed E-state index contributed by atoms with van der Waals surface area (Å²) >= 11 is 0. The van der Waals surface area contributed by atoms with Crippen molar-refractivity contribution in [2.24, 2.45) is 0 Å². The lowest BCUT2D eigenvalue weighted by Crippen LogP contribution is -2.16. The number of benzene rings is 2. The second-order valence-corrected chi connectivity index (χ2v) is 5.81. The third-order valence-corrected chi connectivity index (χ3v) is 3.88. The molecule has 0 saturated carbocycles. The molecule has 0 radical (unpaired) electrons. The molecule has 0 aliphatic carbocycles. The van der Waals surface area contributed by atoms with E-state index in [4.69, 9.17) is 8.94 Å². The smallest absolute Gasteiger partial charge is 0.388 e. The van der Waals surface area contributed by atoms with Crippen LogP contribution in [0.5, 0.6) is 0 Å². The van der Waals surface area contributed by atoms with Crippen LogP contribution >= 0.6 is 0 Å². The zero-order valence-corrected chi connectivity index (χ0v) is 14.0. The first-order valence-corrected chi connectivity index (χ1v) is 7.92. The summed E-state index contributed by atoms with van der Waals surface area (Å²) in [6.45, 7) is 1.53. The normalized spacial score (nSPS) is 11.1. The lowest BCUT2D eigenvalue weighted by molar-refractivity contribution is 0.360. The number of hydrogen-bond donors (Lipinski definition) is 0. The van der Waals surface area contributed by atoms with Crippen molar-refractivity contribution in [1.29, 1.82) is 0 Å². The third kappa shape index (κ3) is 3.39. The van der Waals surface area contributed by atoms with Gasteiger partial charge in [-0.25, -0.2) is 13.6 Å². The Bertz CT molecular complexity index is 1160. The standard InChI is InChI=1S/C18H12F2N4O3/c1-10-2-3-12(8-14(10)20)16-21-15(27-23-16)9-24-18(25)26-17(22-24)11-4-6-13(19)7-5-11/h2-8H,9H2,1H3. The van der Waals surface area contributed by atoms with Crippen molar-refractivity contribution in [3.8, 4) is 22.8 Å². The van der Waals surface area contributed by atoms with E-state index < -0.39 is 11.6 Å². The van der Waals surface area contributed by atoms with Gasteiger partial charge in [0.1, 0.15) is 18.2 Å². The molecular weight excluding hydrogens is 358 g/mol. The van der Waals surface area contributed by atoms with Gasteiger partial charge in [0.05, 0.1) is 0 Å². The van der Waals surface area contributed by atoms with Crippen LogP contribution in [0.25, 0.3) is 22.8 Å². The van der Waals surface area contributed by atoms with E-state index in [1.807, 2.05) is 0 Å². The van der Waals surface area contributed by atoms with Gasteiger partial charge < -0.3 is 8.94 Å². The molecule has 4 aromatic rings. The summed E-state index contributed by atoms with van der Waals surface area (Å²) in [5.74, 6) is -1.18. The Hall–Kier alpha value is -3.62. The van der Waals surface area contributed by atoms with Crippen molar-refractivity contribution in [3.63, 3.8) is 0 Å². The van der Waals surface area contributed by atoms with E-state index in [1.54, 1.807) is 19.1 Å². The zero-order chi connectivity index (χ0) is 19.0. The van der Waals surface area contributed by atoms with Gasteiger partial charge in [0.15, 0.2) is 0 Å². The summed E-state index contributed by atoms with van der Waals surface area (Å²) < 4.78 is 37.9. The van der Waals surface area contributed by atoms with Crippen molar-refractivity contribution in [1.82, 2.24) is 19.9 Å². The molecule has 0 fully saturated rings. The number of aromatic nitrogens is 4. The quantitative estimate of drug-likeness (QED) is 0.548. The minimum absolute atomic E-state index is 0.0420. The summed E-state index contributed by atoms with van der Waals surface area (Å²) in [6, 6.07) is 9.95. The molecule has 2 aromatic carbocycles. The Morgan fingerprint density at radius 3 is 2.56 bits per heavy atom. The first-order chi connectivity index (χ1) is 13.0. The van der Waals surface area contributed by atoms with Crippen LogP contribution in [-0.2, 0) is 6.54 Å². The molecular formula is C18H12F2N4O3. The molecule has 0 aliphatic rings. The molecule has 27 heavy (non-hydrogen) atoms. The Morgan fingerprint density at radius 2 is 1.81 bits per heavy atom. The van der Waals surface area contributed by atoms with Gasteiger partial charge in [0.2, 0.25) is 17.6 Å². The fourth-order valence-corrected chi connectivity index (χ4v) is 2.41. The van der Waals surface area contributed by atoms with E-state index in [2.05, 4.69) is 15.2 Å². The maximum absolute atomic E-state index is 13.7. The number of rotatable bonds is 4. The van der Waals surface area contributed by atoms with E-state index in [0.29, 0.717) is 16.7 Å². The summed E-state index contributed by atoms with van der Waals surface area (Å²) in [7, 11) is 0. The van der Waals surface area contributed by atoms with Crippen molar-refractivity contribution in [2.75, 3.05) is 0 Å². The maximum atomic E-state index is 13.7. The molecule has 0 saturated heterocycles. The Balaban J connectivity index is 1.58. The molecule has 0 spiro atoms. The molecule has 2 heterocycles. The summed E-state index contributed by atoms with van der Waals surface area (Å²) in [4.78, 5) is 16.1. The van der Waals surface area contributed by atoms with Crippen LogP contribution in [0, 0.1) is 18.6 Å². The number of halogens is 2. The van der Waals surface area contributed by atoms with Crippen molar-refractivity contribution < 1.29 is 17.7 Å². The highest BCUT2D eigenvalue weighted by Gasteiger charge is 2.15. The second kappa shape index (κ2) is 6.60. The van der Waals surface area contributed by atoms with E-state index in [1.165, 1.54) is 30.3 Å². The van der Waals surface area contributed by atoms with Gasteiger partial charge in [-0.2, -0.15) is 9.67 Å². The molecule has 0 N–H and O–H groups in total. The van der Waals surface area contributed by atoms with Gasteiger partial charge >= 0.3 is 5.76 Å². The molecule has 0 amide bonds. The monoisotopic (exact) mass is 370 g/mol. The highest BCUT2D eigenvalue weighted by atomic mass is 19.1. The van der Waals surface area contributed by atoms with Gasteiger partial charge in [0.25, 0.3) is 0 Å². The van der Waals surface area contributed by atoms with E-state index in [0.717, 1.165) is 4.68 Å². The SMILES string of the molecule is Cc1ccc(-c2noc(Cn3nc(-c4ccc(F)cc4)oc3=O)n2)cc1F. The number of aryl methyl sites for hydroxylation is 1. The lowest BCUT2D eigenvalue weighted by Gasteiger charge is -1.97. The number of nitrogens with zero attached hydrogens (tertiary/aromatic N) is 4. The summed E-state index contributed by atoms with van der Waals surface area (Å²) in [6.07, 6.45) is 0. The minimum atomic E-state index is -0.726. The average Bonchev–Trinajstić information content (AvgIpc) is 3.26. The fraction of sp³-hybridized carbons (Fsp3) is 0.111. The first kappa shape index (κ1) is 16.8. The highest BCUT2D eigenvalue weighted by Crippen LogP contribution is 2.19. The average molecular weight is 370 g/mol. The molecule has 0 atom stereocenters. The van der Waals surface area contributed by atoms with Crippen LogP contribution in [0.1, 0.15) is 11.5 Å².